The number of likely N-dealkylation sites (tertiary alicyclic amines) is 1. The van der Waals surface area contributed by atoms with Gasteiger partial charge in [-0.05, 0) is 6.92 Å². The lowest BCUT2D eigenvalue weighted by molar-refractivity contribution is 0.0572. The molecular weight excluding hydrogens is 142 g/mol. The van der Waals surface area contributed by atoms with E-state index >= 15 is 0 Å². The van der Waals surface area contributed by atoms with Gasteiger partial charge < -0.3 is 10.2 Å². The third-order valence-electron chi connectivity index (χ3n) is 1.81. The van der Waals surface area contributed by atoms with Gasteiger partial charge in [-0.3, -0.25) is 4.90 Å². The summed E-state index contributed by atoms with van der Waals surface area (Å²) in [5, 5.41) is 18.3. The highest BCUT2D eigenvalue weighted by molar-refractivity contribution is 5.00. The molecule has 0 aliphatic carbocycles. The zero-order valence-corrected chi connectivity index (χ0v) is 6.62. The largest absolute Gasteiger partial charge is 0.389 e. The molecule has 2 atom stereocenters. The Morgan fingerprint density at radius 1 is 1.36 bits per heavy atom. The molecule has 0 spiro atoms. The number of aliphatic hydroxyl groups is 2. The van der Waals surface area contributed by atoms with Gasteiger partial charge in [0.2, 0.25) is 0 Å². The second-order valence-corrected chi connectivity index (χ2v) is 2.76. The van der Waals surface area contributed by atoms with Crippen molar-refractivity contribution in [3.05, 3.63) is 0 Å². The molecule has 1 fully saturated rings. The Hall–Kier alpha value is -0.560. The van der Waals surface area contributed by atoms with Crippen molar-refractivity contribution >= 4 is 0 Å². The summed E-state index contributed by atoms with van der Waals surface area (Å²) in [5.74, 6) is 5.65. The molecule has 2 N–H and O–H groups in total. The highest BCUT2D eigenvalue weighted by atomic mass is 16.3. The Labute approximate surface area is 66.6 Å². The van der Waals surface area contributed by atoms with Crippen LogP contribution >= 0.6 is 0 Å². The first-order chi connectivity index (χ1) is 5.24. The molecule has 0 saturated carbocycles. The van der Waals surface area contributed by atoms with Crippen LogP contribution in [0.5, 0.6) is 0 Å². The lowest BCUT2D eigenvalue weighted by atomic mass is 10.3. The van der Waals surface area contributed by atoms with Crippen molar-refractivity contribution in [2.45, 2.75) is 19.1 Å². The van der Waals surface area contributed by atoms with Crippen LogP contribution in [-0.2, 0) is 0 Å². The van der Waals surface area contributed by atoms with Crippen LogP contribution in [-0.4, -0.2) is 47.0 Å². The summed E-state index contributed by atoms with van der Waals surface area (Å²) in [5.41, 5.74) is 0. The van der Waals surface area contributed by atoms with E-state index in [1.807, 2.05) is 4.90 Å². The molecule has 2 unspecified atom stereocenters. The first-order valence-electron chi connectivity index (χ1n) is 3.72. The van der Waals surface area contributed by atoms with E-state index < -0.39 is 12.2 Å². The minimum Gasteiger partial charge on any atom is -0.389 e. The van der Waals surface area contributed by atoms with Crippen LogP contribution in [0.25, 0.3) is 0 Å². The molecule has 1 rings (SSSR count). The summed E-state index contributed by atoms with van der Waals surface area (Å²) in [6, 6.07) is 0. The van der Waals surface area contributed by atoms with Crippen molar-refractivity contribution in [1.82, 2.24) is 4.90 Å². The van der Waals surface area contributed by atoms with E-state index in [0.29, 0.717) is 19.6 Å². The molecule has 3 heteroatoms. The average molecular weight is 155 g/mol. The topological polar surface area (TPSA) is 43.7 Å². The van der Waals surface area contributed by atoms with Gasteiger partial charge in [-0.25, -0.2) is 0 Å². The summed E-state index contributed by atoms with van der Waals surface area (Å²) in [7, 11) is 0. The highest BCUT2D eigenvalue weighted by Gasteiger charge is 2.28. The summed E-state index contributed by atoms with van der Waals surface area (Å²) < 4.78 is 0. The maximum absolute atomic E-state index is 9.13. The van der Waals surface area contributed by atoms with Crippen LogP contribution in [0.2, 0.25) is 0 Å². The predicted octanol–water partition coefficient (Wildman–Crippen LogP) is -0.953. The predicted molar refractivity (Wildman–Crippen MR) is 41.9 cm³/mol. The minimum absolute atomic E-state index is 0.538. The monoisotopic (exact) mass is 155 g/mol. The number of nitrogens with zero attached hydrogens (tertiary/aromatic N) is 1. The Kier molecular flexibility index (Phi) is 2.89. The third kappa shape index (κ3) is 2.19. The molecule has 1 aliphatic heterocycles. The van der Waals surface area contributed by atoms with E-state index in [4.69, 9.17) is 10.2 Å². The van der Waals surface area contributed by atoms with Crippen molar-refractivity contribution in [2.75, 3.05) is 19.6 Å². The molecule has 11 heavy (non-hydrogen) atoms. The van der Waals surface area contributed by atoms with Gasteiger partial charge in [-0.15, -0.1) is 5.92 Å². The summed E-state index contributed by atoms with van der Waals surface area (Å²) in [4.78, 5) is 1.94. The highest BCUT2D eigenvalue weighted by Crippen LogP contribution is 2.08. The normalized spacial score (nSPS) is 31.5. The van der Waals surface area contributed by atoms with Crippen LogP contribution in [0.4, 0.5) is 0 Å². The van der Waals surface area contributed by atoms with Crippen molar-refractivity contribution in [1.29, 1.82) is 0 Å². The van der Waals surface area contributed by atoms with Crippen molar-refractivity contribution in [3.63, 3.8) is 0 Å². The molecular formula is C8H13NO2. The van der Waals surface area contributed by atoms with Gasteiger partial charge in [-0.2, -0.15) is 0 Å². The van der Waals surface area contributed by atoms with Gasteiger partial charge in [0.25, 0.3) is 0 Å². The maximum Gasteiger partial charge on any atom is 0.0938 e. The Morgan fingerprint density at radius 2 is 1.91 bits per heavy atom. The molecule has 0 aromatic heterocycles. The lowest BCUT2D eigenvalue weighted by Gasteiger charge is -2.08. The van der Waals surface area contributed by atoms with Gasteiger partial charge in [0.1, 0.15) is 0 Å². The van der Waals surface area contributed by atoms with Gasteiger partial charge in [-0.1, -0.05) is 5.92 Å². The molecule has 0 aromatic rings. The number of aliphatic hydroxyl groups excluding tert-OH is 2. The number of rotatable bonds is 1. The van der Waals surface area contributed by atoms with E-state index in [9.17, 15) is 0 Å². The Bertz CT molecular complexity index is 172. The summed E-state index contributed by atoms with van der Waals surface area (Å²) in [6.07, 6.45) is -1.18. The van der Waals surface area contributed by atoms with Gasteiger partial charge in [0.15, 0.2) is 0 Å². The van der Waals surface area contributed by atoms with Crippen LogP contribution in [0.1, 0.15) is 6.92 Å². The quantitative estimate of drug-likeness (QED) is 0.480. The molecule has 0 bridgehead atoms. The second kappa shape index (κ2) is 3.72. The first-order valence-corrected chi connectivity index (χ1v) is 3.72. The minimum atomic E-state index is -0.589. The lowest BCUT2D eigenvalue weighted by Crippen LogP contribution is -2.22. The van der Waals surface area contributed by atoms with Gasteiger partial charge in [0.05, 0.1) is 18.8 Å². The van der Waals surface area contributed by atoms with E-state index in [2.05, 4.69) is 11.8 Å². The summed E-state index contributed by atoms with van der Waals surface area (Å²) >= 11 is 0. The summed E-state index contributed by atoms with van der Waals surface area (Å²) in [6.45, 7) is 3.50. The van der Waals surface area contributed by atoms with Crippen molar-refractivity contribution in [2.24, 2.45) is 0 Å². The van der Waals surface area contributed by atoms with Crippen molar-refractivity contribution < 1.29 is 10.2 Å². The Morgan fingerprint density at radius 3 is 2.36 bits per heavy atom. The average Bonchev–Trinajstić information content (AvgIpc) is 2.28. The number of hydrogen-bond donors (Lipinski definition) is 2. The first kappa shape index (κ1) is 8.54. The second-order valence-electron chi connectivity index (χ2n) is 2.76. The zero-order chi connectivity index (χ0) is 8.27. The molecule has 0 amide bonds. The molecule has 62 valence electrons. The third-order valence-corrected chi connectivity index (χ3v) is 1.81. The van der Waals surface area contributed by atoms with Gasteiger partial charge >= 0.3 is 0 Å². The number of hydrogen-bond acceptors (Lipinski definition) is 3. The molecule has 0 aromatic carbocycles. The molecule has 3 nitrogen and oxygen atoms in total. The van der Waals surface area contributed by atoms with Gasteiger partial charge in [0, 0.05) is 13.1 Å². The van der Waals surface area contributed by atoms with E-state index in [0.717, 1.165) is 0 Å². The van der Waals surface area contributed by atoms with Crippen LogP contribution < -0.4 is 0 Å². The maximum atomic E-state index is 9.13. The van der Waals surface area contributed by atoms with Crippen molar-refractivity contribution in [3.8, 4) is 11.8 Å². The van der Waals surface area contributed by atoms with E-state index in [-0.39, 0.29) is 0 Å². The van der Waals surface area contributed by atoms with E-state index in [1.54, 1.807) is 6.92 Å². The molecule has 1 saturated heterocycles. The molecule has 1 heterocycles. The van der Waals surface area contributed by atoms with Crippen LogP contribution in [0.3, 0.4) is 0 Å². The molecule has 1 aliphatic rings. The number of β-amino-alcohol motifs (C(OH)–C–C–N with tert-alkyl or cyclic N) is 2. The van der Waals surface area contributed by atoms with Crippen LogP contribution in [0.15, 0.2) is 0 Å². The fraction of sp³-hybridized carbons (Fsp3) is 0.750. The van der Waals surface area contributed by atoms with E-state index in [1.165, 1.54) is 0 Å². The van der Waals surface area contributed by atoms with Crippen LogP contribution in [0, 0.1) is 11.8 Å². The Balaban J connectivity index is 2.33. The molecule has 0 radical (unpaired) electrons. The SMILES string of the molecule is CC#CCN1CC(O)C(O)C1. The fourth-order valence-electron chi connectivity index (χ4n) is 1.17. The smallest absolute Gasteiger partial charge is 0.0938 e. The standard InChI is InChI=1S/C8H13NO2/c1-2-3-4-9-5-7(10)8(11)6-9/h7-8,10-11H,4-6H2,1H3. The fourth-order valence-corrected chi connectivity index (χ4v) is 1.17. The zero-order valence-electron chi connectivity index (χ0n) is 6.62.